The van der Waals surface area contributed by atoms with Gasteiger partial charge in [0.15, 0.2) is 6.10 Å². The van der Waals surface area contributed by atoms with Crippen LogP contribution in [-0.4, -0.2) is 25.2 Å². The van der Waals surface area contributed by atoms with Gasteiger partial charge >= 0.3 is 0 Å². The summed E-state index contributed by atoms with van der Waals surface area (Å²) in [5.74, 6) is 0.551. The first-order valence-corrected chi connectivity index (χ1v) is 5.57. The predicted octanol–water partition coefficient (Wildman–Crippen LogP) is 0.590. The van der Waals surface area contributed by atoms with Crippen molar-refractivity contribution in [1.82, 2.24) is 0 Å². The van der Waals surface area contributed by atoms with Gasteiger partial charge in [-0.2, -0.15) is 0 Å². The minimum Gasteiger partial charge on any atom is -0.479 e. The summed E-state index contributed by atoms with van der Waals surface area (Å²) in [6.45, 7) is 2.74. The molecule has 90 valence electrons. The molecule has 2 aliphatic heterocycles. The van der Waals surface area contributed by atoms with Crippen LogP contribution in [-0.2, 0) is 15.1 Å². The van der Waals surface area contributed by atoms with Gasteiger partial charge in [-0.3, -0.25) is 4.79 Å². The third-order valence-corrected chi connectivity index (χ3v) is 3.20. The molecule has 5 nitrogen and oxygen atoms in total. The number of anilines is 1. The van der Waals surface area contributed by atoms with E-state index in [4.69, 9.17) is 15.2 Å². The van der Waals surface area contributed by atoms with Gasteiger partial charge in [0, 0.05) is 0 Å². The molecule has 1 aromatic rings. The topological polar surface area (TPSA) is 73.6 Å². The Morgan fingerprint density at radius 3 is 2.88 bits per heavy atom. The van der Waals surface area contributed by atoms with Crippen LogP contribution in [0.4, 0.5) is 5.69 Å². The van der Waals surface area contributed by atoms with Crippen LogP contribution in [0.2, 0.25) is 0 Å². The van der Waals surface area contributed by atoms with Crippen molar-refractivity contribution in [2.24, 2.45) is 5.73 Å². The number of hydrogen-bond donors (Lipinski definition) is 2. The van der Waals surface area contributed by atoms with Crippen molar-refractivity contribution >= 4 is 11.6 Å². The lowest BCUT2D eigenvalue weighted by molar-refractivity contribution is -0.122. The van der Waals surface area contributed by atoms with E-state index in [1.165, 1.54) is 0 Å². The highest BCUT2D eigenvalue weighted by atomic mass is 16.5. The Morgan fingerprint density at radius 2 is 2.24 bits per heavy atom. The maximum absolute atomic E-state index is 11.5. The van der Waals surface area contributed by atoms with Crippen LogP contribution in [0.5, 0.6) is 5.75 Å². The molecule has 17 heavy (non-hydrogen) atoms. The monoisotopic (exact) mass is 234 g/mol. The zero-order valence-electron chi connectivity index (χ0n) is 9.53. The van der Waals surface area contributed by atoms with Crippen LogP contribution in [0.25, 0.3) is 0 Å². The highest BCUT2D eigenvalue weighted by Crippen LogP contribution is 2.35. The Kier molecular flexibility index (Phi) is 2.14. The van der Waals surface area contributed by atoms with E-state index >= 15 is 0 Å². The molecule has 5 heteroatoms. The lowest BCUT2D eigenvalue weighted by Crippen LogP contribution is -2.54. The molecule has 1 saturated heterocycles. The number of amides is 1. The molecule has 3 N–H and O–H groups in total. The average molecular weight is 234 g/mol. The molecule has 0 aliphatic carbocycles. The van der Waals surface area contributed by atoms with Crippen LogP contribution in [0, 0.1) is 0 Å². The number of fused-ring (bicyclic) bond motifs is 1. The van der Waals surface area contributed by atoms with Gasteiger partial charge in [0.25, 0.3) is 5.91 Å². The van der Waals surface area contributed by atoms with E-state index in [0.717, 1.165) is 5.56 Å². The van der Waals surface area contributed by atoms with E-state index in [9.17, 15) is 4.79 Å². The Morgan fingerprint density at radius 1 is 1.47 bits per heavy atom. The van der Waals surface area contributed by atoms with E-state index in [-0.39, 0.29) is 5.91 Å². The molecule has 1 aromatic carbocycles. The lowest BCUT2D eigenvalue weighted by Gasteiger charge is -2.38. The lowest BCUT2D eigenvalue weighted by atomic mass is 9.89. The minimum atomic E-state index is -0.452. The normalized spacial score (nSPS) is 25.3. The van der Waals surface area contributed by atoms with E-state index in [1.807, 2.05) is 18.2 Å². The molecule has 1 unspecified atom stereocenters. The molecular formula is C12H14N2O3. The molecule has 0 radical (unpaired) electrons. The first kappa shape index (κ1) is 10.6. The smallest absolute Gasteiger partial charge is 0.265 e. The average Bonchev–Trinajstić information content (AvgIpc) is 2.27. The van der Waals surface area contributed by atoms with Gasteiger partial charge in [0.2, 0.25) is 0 Å². The summed E-state index contributed by atoms with van der Waals surface area (Å²) in [5.41, 5.74) is 7.35. The predicted molar refractivity (Wildman–Crippen MR) is 61.8 cm³/mol. The fraction of sp³-hybridized carbons (Fsp3) is 0.417. The fourth-order valence-corrected chi connectivity index (χ4v) is 2.01. The molecule has 1 atom stereocenters. The minimum absolute atomic E-state index is 0.134. The number of carbonyl (C=O) groups is 1. The Hall–Kier alpha value is -1.59. The van der Waals surface area contributed by atoms with Gasteiger partial charge in [-0.25, -0.2) is 0 Å². The van der Waals surface area contributed by atoms with Crippen molar-refractivity contribution < 1.29 is 14.3 Å². The summed E-state index contributed by atoms with van der Waals surface area (Å²) in [4.78, 5) is 11.5. The highest BCUT2D eigenvalue weighted by Gasteiger charge is 2.37. The first-order chi connectivity index (χ1) is 8.08. The van der Waals surface area contributed by atoms with Crippen LogP contribution < -0.4 is 15.8 Å². The van der Waals surface area contributed by atoms with E-state index in [2.05, 4.69) is 5.32 Å². The Labute approximate surface area is 98.9 Å². The highest BCUT2D eigenvalue weighted by molar-refractivity contribution is 5.97. The molecule has 2 heterocycles. The zero-order chi connectivity index (χ0) is 12.0. The summed E-state index contributed by atoms with van der Waals surface area (Å²) in [5, 5.41) is 2.81. The maximum atomic E-state index is 11.5. The third kappa shape index (κ3) is 1.59. The summed E-state index contributed by atoms with van der Waals surface area (Å²) in [6, 6.07) is 5.63. The second-order valence-corrected chi connectivity index (χ2v) is 4.61. The Bertz CT molecular complexity index is 483. The molecule has 1 amide bonds. The number of ether oxygens (including phenoxy) is 2. The quantitative estimate of drug-likeness (QED) is 0.746. The van der Waals surface area contributed by atoms with Gasteiger partial charge in [0.1, 0.15) is 5.75 Å². The van der Waals surface area contributed by atoms with Crippen LogP contribution in [0.1, 0.15) is 12.5 Å². The Balaban J connectivity index is 1.96. The van der Waals surface area contributed by atoms with Crippen LogP contribution in [0.15, 0.2) is 18.2 Å². The van der Waals surface area contributed by atoms with Gasteiger partial charge in [-0.1, -0.05) is 6.07 Å². The van der Waals surface area contributed by atoms with Gasteiger partial charge in [0.05, 0.1) is 24.4 Å². The van der Waals surface area contributed by atoms with Crippen molar-refractivity contribution in [3.05, 3.63) is 23.8 Å². The summed E-state index contributed by atoms with van der Waals surface area (Å²) >= 11 is 0. The molecule has 1 fully saturated rings. The summed E-state index contributed by atoms with van der Waals surface area (Å²) in [6.07, 6.45) is -0.452. The van der Waals surface area contributed by atoms with Gasteiger partial charge < -0.3 is 20.5 Å². The molecule has 0 saturated carbocycles. The van der Waals surface area contributed by atoms with Gasteiger partial charge in [-0.15, -0.1) is 0 Å². The summed E-state index contributed by atoms with van der Waals surface area (Å²) < 4.78 is 10.6. The van der Waals surface area contributed by atoms with Crippen LogP contribution in [0.3, 0.4) is 0 Å². The second kappa shape index (κ2) is 3.45. The van der Waals surface area contributed by atoms with Crippen molar-refractivity contribution in [2.45, 2.75) is 18.6 Å². The van der Waals surface area contributed by atoms with Crippen molar-refractivity contribution in [3.8, 4) is 5.75 Å². The number of carbonyl (C=O) groups excluding carboxylic acids is 1. The number of nitrogens with one attached hydrogen (secondary N) is 1. The van der Waals surface area contributed by atoms with Crippen molar-refractivity contribution in [3.63, 3.8) is 0 Å². The standard InChI is InChI=1S/C12H14N2O3/c1-7-11(15)14-9-4-8(2-3-10(9)17-7)12(13)5-16-6-12/h2-4,7H,5-6,13H2,1H3,(H,14,15). The van der Waals surface area contributed by atoms with E-state index in [0.29, 0.717) is 24.7 Å². The second-order valence-electron chi connectivity index (χ2n) is 4.61. The molecule has 0 bridgehead atoms. The molecule has 2 aliphatic rings. The van der Waals surface area contributed by atoms with Crippen molar-refractivity contribution in [1.29, 1.82) is 0 Å². The largest absolute Gasteiger partial charge is 0.479 e. The van der Waals surface area contributed by atoms with Crippen LogP contribution >= 0.6 is 0 Å². The molecular weight excluding hydrogens is 220 g/mol. The molecule has 0 spiro atoms. The zero-order valence-corrected chi connectivity index (χ0v) is 9.53. The molecule has 3 rings (SSSR count). The summed E-state index contributed by atoms with van der Waals surface area (Å²) in [7, 11) is 0. The van der Waals surface area contributed by atoms with Crippen molar-refractivity contribution in [2.75, 3.05) is 18.5 Å². The first-order valence-electron chi connectivity index (χ1n) is 5.57. The molecule has 0 aromatic heterocycles. The fourth-order valence-electron chi connectivity index (χ4n) is 2.01. The number of hydrogen-bond acceptors (Lipinski definition) is 4. The van der Waals surface area contributed by atoms with E-state index in [1.54, 1.807) is 6.92 Å². The third-order valence-electron chi connectivity index (χ3n) is 3.20. The maximum Gasteiger partial charge on any atom is 0.265 e. The number of rotatable bonds is 1. The SMILES string of the molecule is CC1Oc2ccc(C3(N)COC3)cc2NC1=O. The number of benzene rings is 1. The van der Waals surface area contributed by atoms with Gasteiger partial charge in [-0.05, 0) is 24.6 Å². The number of nitrogens with two attached hydrogens (primary N) is 1. The van der Waals surface area contributed by atoms with E-state index < -0.39 is 11.6 Å².